The molecule has 0 radical (unpaired) electrons. The zero-order valence-electron chi connectivity index (χ0n) is 11.1. The maximum absolute atomic E-state index is 5.85. The summed E-state index contributed by atoms with van der Waals surface area (Å²) in [5.74, 6) is 5.85. The first kappa shape index (κ1) is 12.9. The van der Waals surface area contributed by atoms with Crippen molar-refractivity contribution in [3.8, 4) is 0 Å². The van der Waals surface area contributed by atoms with Crippen LogP contribution in [0.4, 0.5) is 0 Å². The topological polar surface area (TPSA) is 50.9 Å². The minimum Gasteiger partial charge on any atom is -0.271 e. The Balaban J connectivity index is 1.88. The molecule has 1 atom stereocenters. The second-order valence-electron chi connectivity index (χ2n) is 4.86. The second-order valence-corrected chi connectivity index (χ2v) is 6.72. The number of fused-ring (bicyclic) bond motifs is 2. The van der Waals surface area contributed by atoms with Crippen LogP contribution in [0, 0.1) is 0 Å². The zero-order chi connectivity index (χ0) is 14.2. The number of hydrogen-bond acceptors (Lipinski definition) is 5. The monoisotopic (exact) mass is 311 g/mol. The van der Waals surface area contributed by atoms with E-state index >= 15 is 0 Å². The molecule has 21 heavy (non-hydrogen) atoms. The van der Waals surface area contributed by atoms with E-state index in [1.807, 2.05) is 12.3 Å². The van der Waals surface area contributed by atoms with Crippen molar-refractivity contribution in [2.45, 2.75) is 6.04 Å². The Kier molecular flexibility index (Phi) is 3.20. The summed E-state index contributed by atoms with van der Waals surface area (Å²) >= 11 is 3.45. The van der Waals surface area contributed by atoms with Crippen LogP contribution in [-0.4, -0.2) is 4.98 Å². The fourth-order valence-electron chi connectivity index (χ4n) is 2.63. The molecular weight excluding hydrogens is 298 g/mol. The van der Waals surface area contributed by atoms with Crippen molar-refractivity contribution in [1.29, 1.82) is 0 Å². The molecule has 0 amide bonds. The highest BCUT2D eigenvalue weighted by Crippen LogP contribution is 2.33. The van der Waals surface area contributed by atoms with E-state index in [2.05, 4.69) is 51.5 Å². The number of thiophene rings is 2. The molecule has 0 saturated heterocycles. The third-order valence-electron chi connectivity index (χ3n) is 3.64. The molecule has 4 aromatic rings. The summed E-state index contributed by atoms with van der Waals surface area (Å²) in [6.07, 6.45) is 1.91. The Hall–Kier alpha value is -1.79. The fraction of sp³-hybridized carbons (Fsp3) is 0.0625. The van der Waals surface area contributed by atoms with Crippen LogP contribution in [0.5, 0.6) is 0 Å². The fourth-order valence-corrected chi connectivity index (χ4v) is 4.36. The van der Waals surface area contributed by atoms with Gasteiger partial charge in [-0.15, -0.1) is 22.7 Å². The summed E-state index contributed by atoms with van der Waals surface area (Å²) in [7, 11) is 0. The highest BCUT2D eigenvalue weighted by Gasteiger charge is 2.17. The first-order chi connectivity index (χ1) is 10.4. The third kappa shape index (κ3) is 2.15. The smallest absolute Gasteiger partial charge is 0.0809 e. The highest BCUT2D eigenvalue weighted by atomic mass is 32.1. The molecule has 1 unspecified atom stereocenters. The quantitative estimate of drug-likeness (QED) is 0.443. The number of nitrogens with one attached hydrogen (secondary N) is 1. The molecule has 0 fully saturated rings. The molecule has 0 aliphatic carbocycles. The van der Waals surface area contributed by atoms with Crippen molar-refractivity contribution in [3.63, 3.8) is 0 Å². The van der Waals surface area contributed by atoms with Crippen molar-refractivity contribution in [2.75, 3.05) is 0 Å². The molecule has 0 spiro atoms. The van der Waals surface area contributed by atoms with E-state index in [0.717, 1.165) is 11.1 Å². The molecule has 0 saturated carbocycles. The molecule has 1 aromatic carbocycles. The second kappa shape index (κ2) is 5.20. The Morgan fingerprint density at radius 2 is 2.00 bits per heavy atom. The van der Waals surface area contributed by atoms with Crippen LogP contribution in [0.15, 0.2) is 53.4 Å². The van der Waals surface area contributed by atoms with Gasteiger partial charge in [-0.25, -0.2) is 5.43 Å². The highest BCUT2D eigenvalue weighted by molar-refractivity contribution is 7.17. The SMILES string of the molecule is NNC(c1cnc2ccsc2c1)c1cccc2ccsc12. The van der Waals surface area contributed by atoms with Crippen molar-refractivity contribution >= 4 is 43.0 Å². The van der Waals surface area contributed by atoms with Crippen molar-refractivity contribution in [2.24, 2.45) is 5.84 Å². The van der Waals surface area contributed by atoms with Crippen molar-refractivity contribution in [1.82, 2.24) is 10.4 Å². The Bertz CT molecular complexity index is 910. The minimum atomic E-state index is -0.0497. The van der Waals surface area contributed by atoms with Crippen LogP contribution < -0.4 is 11.3 Å². The average Bonchev–Trinajstić information content (AvgIpc) is 3.16. The lowest BCUT2D eigenvalue weighted by Crippen LogP contribution is -2.28. The van der Waals surface area contributed by atoms with Gasteiger partial charge >= 0.3 is 0 Å². The van der Waals surface area contributed by atoms with Gasteiger partial charge in [-0.2, -0.15) is 0 Å². The van der Waals surface area contributed by atoms with Gasteiger partial charge in [0.15, 0.2) is 0 Å². The van der Waals surface area contributed by atoms with Crippen LogP contribution in [0.25, 0.3) is 20.3 Å². The number of hydrazine groups is 1. The number of nitrogens with two attached hydrogens (primary N) is 1. The summed E-state index contributed by atoms with van der Waals surface area (Å²) < 4.78 is 2.46. The van der Waals surface area contributed by atoms with Crippen LogP contribution in [0.2, 0.25) is 0 Å². The van der Waals surface area contributed by atoms with Gasteiger partial charge in [0.1, 0.15) is 0 Å². The largest absolute Gasteiger partial charge is 0.271 e. The van der Waals surface area contributed by atoms with E-state index in [0.29, 0.717) is 0 Å². The van der Waals surface area contributed by atoms with Gasteiger partial charge in [0.05, 0.1) is 16.3 Å². The Morgan fingerprint density at radius 3 is 2.90 bits per heavy atom. The maximum Gasteiger partial charge on any atom is 0.0809 e. The van der Waals surface area contributed by atoms with Gasteiger partial charge in [0.2, 0.25) is 0 Å². The molecule has 5 heteroatoms. The van der Waals surface area contributed by atoms with Crippen LogP contribution in [-0.2, 0) is 0 Å². The average molecular weight is 311 g/mol. The lowest BCUT2D eigenvalue weighted by Gasteiger charge is -2.17. The number of rotatable bonds is 3. The molecule has 3 heterocycles. The lowest BCUT2D eigenvalue weighted by atomic mass is 9.99. The summed E-state index contributed by atoms with van der Waals surface area (Å²) in [5.41, 5.74) is 6.27. The lowest BCUT2D eigenvalue weighted by molar-refractivity contribution is 0.640. The van der Waals surface area contributed by atoms with E-state index in [4.69, 9.17) is 5.84 Å². The predicted octanol–water partition coefficient (Wildman–Crippen LogP) is 4.06. The third-order valence-corrected chi connectivity index (χ3v) is 5.48. The normalized spacial score (nSPS) is 13.0. The van der Waals surface area contributed by atoms with E-state index in [-0.39, 0.29) is 6.04 Å². The molecule has 0 bridgehead atoms. The van der Waals surface area contributed by atoms with Gasteiger partial charge in [-0.3, -0.25) is 10.8 Å². The summed E-state index contributed by atoms with van der Waals surface area (Å²) in [5, 5.41) is 5.43. The molecule has 3 nitrogen and oxygen atoms in total. The minimum absolute atomic E-state index is 0.0497. The van der Waals surface area contributed by atoms with E-state index in [9.17, 15) is 0 Å². The molecule has 3 aromatic heterocycles. The van der Waals surface area contributed by atoms with Crippen LogP contribution >= 0.6 is 22.7 Å². The number of aromatic nitrogens is 1. The number of pyridine rings is 1. The standard InChI is InChI=1S/C16H13N3S2/c17-19-15(11-8-14-13(18-9-11)5-7-20-14)12-3-1-2-10-4-6-21-16(10)12/h1-9,15,19H,17H2. The first-order valence-corrected chi connectivity index (χ1v) is 8.38. The number of benzene rings is 1. The van der Waals surface area contributed by atoms with Crippen LogP contribution in [0.3, 0.4) is 0 Å². The maximum atomic E-state index is 5.85. The van der Waals surface area contributed by atoms with E-state index in [1.54, 1.807) is 22.7 Å². The number of nitrogens with zero attached hydrogens (tertiary/aromatic N) is 1. The summed E-state index contributed by atoms with van der Waals surface area (Å²) in [4.78, 5) is 4.52. The first-order valence-electron chi connectivity index (χ1n) is 6.62. The van der Waals surface area contributed by atoms with Gasteiger partial charge in [0, 0.05) is 10.9 Å². The van der Waals surface area contributed by atoms with Crippen molar-refractivity contribution in [3.05, 3.63) is 64.5 Å². The van der Waals surface area contributed by atoms with Gasteiger partial charge < -0.3 is 0 Å². The molecule has 0 aliphatic rings. The van der Waals surface area contributed by atoms with Crippen LogP contribution in [0.1, 0.15) is 17.2 Å². The molecule has 0 aliphatic heterocycles. The van der Waals surface area contributed by atoms with Gasteiger partial charge in [-0.05, 0) is 45.5 Å². The molecule has 104 valence electrons. The molecule has 4 rings (SSSR count). The summed E-state index contributed by atoms with van der Waals surface area (Å²) in [6.45, 7) is 0. The Morgan fingerprint density at radius 1 is 1.10 bits per heavy atom. The van der Waals surface area contributed by atoms with E-state index in [1.165, 1.54) is 20.3 Å². The number of hydrogen-bond donors (Lipinski definition) is 2. The molecule has 3 N–H and O–H groups in total. The van der Waals surface area contributed by atoms with Gasteiger partial charge in [-0.1, -0.05) is 18.2 Å². The van der Waals surface area contributed by atoms with Gasteiger partial charge in [0.25, 0.3) is 0 Å². The van der Waals surface area contributed by atoms with Crippen molar-refractivity contribution < 1.29 is 0 Å². The van der Waals surface area contributed by atoms with E-state index < -0.39 is 0 Å². The zero-order valence-corrected chi connectivity index (χ0v) is 12.7. The Labute approximate surface area is 130 Å². The summed E-state index contributed by atoms with van der Waals surface area (Å²) in [6, 6.07) is 12.6. The predicted molar refractivity (Wildman–Crippen MR) is 90.6 cm³/mol. The molecular formula is C16H13N3S2.